The Kier molecular flexibility index (Phi) is 3.39. The zero-order valence-corrected chi connectivity index (χ0v) is 11.5. The molecular weight excluding hydrogens is 236 g/mol. The molecule has 4 nitrogen and oxygen atoms in total. The average Bonchev–Trinajstić information content (AvgIpc) is 3.07. The van der Waals surface area contributed by atoms with Gasteiger partial charge >= 0.3 is 0 Å². The maximum atomic E-state index is 12.5. The number of hydrogen-bond acceptors (Lipinski definition) is 3. The fourth-order valence-corrected chi connectivity index (χ4v) is 3.19. The molecule has 1 saturated carbocycles. The number of thioether (sulfide) groups is 1. The largest absolute Gasteiger partial charge is 0.340 e. The van der Waals surface area contributed by atoms with Gasteiger partial charge in [0.2, 0.25) is 11.8 Å². The van der Waals surface area contributed by atoms with Gasteiger partial charge in [-0.3, -0.25) is 9.59 Å². The zero-order valence-electron chi connectivity index (χ0n) is 10.7. The van der Waals surface area contributed by atoms with Gasteiger partial charge in [0.05, 0.1) is 6.54 Å². The number of hydrogen-bond donors (Lipinski definition) is 1. The number of carbonyl (C=O) groups is 2. The Hall–Kier alpha value is -0.710. The summed E-state index contributed by atoms with van der Waals surface area (Å²) in [6.45, 7) is 4.10. The van der Waals surface area contributed by atoms with E-state index in [0.29, 0.717) is 5.92 Å². The van der Waals surface area contributed by atoms with Crippen LogP contribution >= 0.6 is 11.8 Å². The monoisotopic (exact) mass is 256 g/mol. The standard InChI is InChI=1S/C12H20N2O2S/c1-8(7-17-3)14-6-10(15)13-12(2,11(14)16)9-4-5-9/h8-9H,4-7H2,1-3H3,(H,13,15). The van der Waals surface area contributed by atoms with Crippen LogP contribution < -0.4 is 5.32 Å². The molecule has 17 heavy (non-hydrogen) atoms. The van der Waals surface area contributed by atoms with Gasteiger partial charge in [0.15, 0.2) is 0 Å². The third-order valence-corrected chi connectivity index (χ3v) is 4.57. The molecule has 2 atom stereocenters. The van der Waals surface area contributed by atoms with Crippen LogP contribution in [0.2, 0.25) is 0 Å². The Morgan fingerprint density at radius 1 is 1.53 bits per heavy atom. The van der Waals surface area contributed by atoms with E-state index >= 15 is 0 Å². The summed E-state index contributed by atoms with van der Waals surface area (Å²) in [7, 11) is 0. The summed E-state index contributed by atoms with van der Waals surface area (Å²) in [4.78, 5) is 26.0. The minimum Gasteiger partial charge on any atom is -0.340 e. The maximum absolute atomic E-state index is 12.5. The first-order valence-electron chi connectivity index (χ1n) is 6.10. The number of nitrogens with zero attached hydrogens (tertiary/aromatic N) is 1. The van der Waals surface area contributed by atoms with Crippen LogP contribution in [-0.4, -0.2) is 46.8 Å². The summed E-state index contributed by atoms with van der Waals surface area (Å²) in [5.41, 5.74) is -0.651. The summed E-state index contributed by atoms with van der Waals surface area (Å²) in [6, 6.07) is 0.127. The molecule has 1 aliphatic carbocycles. The smallest absolute Gasteiger partial charge is 0.249 e. The van der Waals surface area contributed by atoms with Crippen molar-refractivity contribution in [3.63, 3.8) is 0 Å². The molecule has 2 aliphatic rings. The highest BCUT2D eigenvalue weighted by atomic mass is 32.2. The van der Waals surface area contributed by atoms with Gasteiger partial charge < -0.3 is 10.2 Å². The predicted molar refractivity (Wildman–Crippen MR) is 68.8 cm³/mol. The van der Waals surface area contributed by atoms with Crippen molar-refractivity contribution in [3.8, 4) is 0 Å². The van der Waals surface area contributed by atoms with E-state index in [9.17, 15) is 9.59 Å². The van der Waals surface area contributed by atoms with Gasteiger partial charge in [0.1, 0.15) is 5.54 Å². The number of rotatable bonds is 4. The summed E-state index contributed by atoms with van der Waals surface area (Å²) in [5.74, 6) is 1.29. The van der Waals surface area contributed by atoms with Crippen LogP contribution in [0, 0.1) is 5.92 Å². The lowest BCUT2D eigenvalue weighted by molar-refractivity contribution is -0.151. The van der Waals surface area contributed by atoms with E-state index < -0.39 is 5.54 Å². The number of piperazine rings is 1. The average molecular weight is 256 g/mol. The Morgan fingerprint density at radius 3 is 2.71 bits per heavy atom. The molecule has 5 heteroatoms. The molecule has 2 amide bonds. The third kappa shape index (κ3) is 2.30. The minimum absolute atomic E-state index is 0.0213. The molecule has 0 radical (unpaired) electrons. The van der Waals surface area contributed by atoms with Gasteiger partial charge in [-0.25, -0.2) is 0 Å². The first kappa shape index (κ1) is 12.7. The van der Waals surface area contributed by atoms with Gasteiger partial charge in [-0.2, -0.15) is 11.8 Å². The molecule has 2 unspecified atom stereocenters. The van der Waals surface area contributed by atoms with Crippen molar-refractivity contribution in [2.24, 2.45) is 5.92 Å². The molecule has 0 aromatic heterocycles. The van der Waals surface area contributed by atoms with Crippen LogP contribution in [0.25, 0.3) is 0 Å². The first-order chi connectivity index (χ1) is 7.99. The SMILES string of the molecule is CSCC(C)N1CC(=O)NC(C)(C2CC2)C1=O. The van der Waals surface area contributed by atoms with Crippen molar-refractivity contribution in [1.82, 2.24) is 10.2 Å². The van der Waals surface area contributed by atoms with Crippen LogP contribution in [0.4, 0.5) is 0 Å². The lowest BCUT2D eigenvalue weighted by Gasteiger charge is -2.42. The van der Waals surface area contributed by atoms with Gasteiger partial charge in [-0.15, -0.1) is 0 Å². The van der Waals surface area contributed by atoms with E-state index in [2.05, 4.69) is 5.32 Å². The van der Waals surface area contributed by atoms with Gasteiger partial charge in [-0.1, -0.05) is 0 Å². The van der Waals surface area contributed by atoms with Crippen molar-refractivity contribution in [3.05, 3.63) is 0 Å². The van der Waals surface area contributed by atoms with Crippen LogP contribution in [-0.2, 0) is 9.59 Å². The Labute approximate surface area is 106 Å². The van der Waals surface area contributed by atoms with Crippen molar-refractivity contribution < 1.29 is 9.59 Å². The van der Waals surface area contributed by atoms with Gasteiger partial charge in [0.25, 0.3) is 0 Å². The van der Waals surface area contributed by atoms with Crippen LogP contribution in [0.5, 0.6) is 0 Å². The zero-order chi connectivity index (χ0) is 12.6. The Morgan fingerprint density at radius 2 is 2.18 bits per heavy atom. The highest BCUT2D eigenvalue weighted by Crippen LogP contribution is 2.41. The first-order valence-corrected chi connectivity index (χ1v) is 7.49. The van der Waals surface area contributed by atoms with Crippen molar-refractivity contribution in [2.75, 3.05) is 18.6 Å². The molecule has 0 aromatic carbocycles. The van der Waals surface area contributed by atoms with E-state index in [1.54, 1.807) is 16.7 Å². The van der Waals surface area contributed by atoms with Crippen LogP contribution in [0.1, 0.15) is 26.7 Å². The van der Waals surface area contributed by atoms with Gasteiger partial charge in [-0.05, 0) is 38.9 Å². The maximum Gasteiger partial charge on any atom is 0.249 e. The summed E-state index contributed by atoms with van der Waals surface area (Å²) >= 11 is 1.71. The molecule has 0 spiro atoms. The van der Waals surface area contributed by atoms with E-state index in [4.69, 9.17) is 0 Å². The Bertz CT molecular complexity index is 343. The lowest BCUT2D eigenvalue weighted by atomic mass is 9.91. The topological polar surface area (TPSA) is 49.4 Å². The molecule has 1 heterocycles. The van der Waals surface area contributed by atoms with E-state index in [1.165, 1.54) is 0 Å². The second kappa shape index (κ2) is 4.52. The van der Waals surface area contributed by atoms with Crippen LogP contribution in [0.3, 0.4) is 0 Å². The van der Waals surface area contributed by atoms with E-state index in [1.807, 2.05) is 20.1 Å². The van der Waals surface area contributed by atoms with Crippen molar-refractivity contribution in [1.29, 1.82) is 0 Å². The van der Waals surface area contributed by atoms with E-state index in [0.717, 1.165) is 18.6 Å². The third-order valence-electron chi connectivity index (χ3n) is 3.75. The summed E-state index contributed by atoms with van der Waals surface area (Å²) in [5, 5.41) is 2.89. The predicted octanol–water partition coefficient (Wildman–Crippen LogP) is 0.865. The summed E-state index contributed by atoms with van der Waals surface area (Å²) in [6.07, 6.45) is 4.12. The second-order valence-electron chi connectivity index (χ2n) is 5.26. The van der Waals surface area contributed by atoms with Crippen molar-refractivity contribution in [2.45, 2.75) is 38.3 Å². The molecule has 0 aromatic rings. The second-order valence-corrected chi connectivity index (χ2v) is 6.17. The normalized spacial score (nSPS) is 31.4. The summed E-state index contributed by atoms with van der Waals surface area (Å²) < 4.78 is 0. The van der Waals surface area contributed by atoms with Crippen molar-refractivity contribution >= 4 is 23.6 Å². The molecule has 1 aliphatic heterocycles. The molecular formula is C12H20N2O2S. The molecule has 1 saturated heterocycles. The fourth-order valence-electron chi connectivity index (χ4n) is 2.53. The minimum atomic E-state index is -0.651. The van der Waals surface area contributed by atoms with Gasteiger partial charge in [0, 0.05) is 11.8 Å². The van der Waals surface area contributed by atoms with E-state index in [-0.39, 0.29) is 24.4 Å². The number of nitrogens with one attached hydrogen (secondary N) is 1. The Balaban J connectivity index is 2.16. The lowest BCUT2D eigenvalue weighted by Crippen LogP contribution is -2.68. The van der Waals surface area contributed by atoms with Crippen LogP contribution in [0.15, 0.2) is 0 Å². The number of amides is 2. The quantitative estimate of drug-likeness (QED) is 0.812. The molecule has 1 N–H and O–H groups in total. The highest BCUT2D eigenvalue weighted by molar-refractivity contribution is 7.98. The molecule has 96 valence electrons. The molecule has 2 fully saturated rings. The molecule has 0 bridgehead atoms. The number of carbonyl (C=O) groups excluding carboxylic acids is 2. The fraction of sp³-hybridized carbons (Fsp3) is 0.833. The molecule has 2 rings (SSSR count). The highest BCUT2D eigenvalue weighted by Gasteiger charge is 2.53.